The van der Waals surface area contributed by atoms with E-state index in [2.05, 4.69) is 30.1 Å². The quantitative estimate of drug-likeness (QED) is 0.842. The van der Waals surface area contributed by atoms with Gasteiger partial charge in [0.25, 0.3) is 0 Å². The van der Waals surface area contributed by atoms with E-state index in [1.165, 1.54) is 11.3 Å². The Morgan fingerprint density at radius 2 is 2.30 bits per heavy atom. The number of rotatable bonds is 5. The number of hydrogen-bond acceptors (Lipinski definition) is 3. The van der Waals surface area contributed by atoms with E-state index in [0.717, 1.165) is 50.7 Å². The van der Waals surface area contributed by atoms with Crippen molar-refractivity contribution in [3.63, 3.8) is 0 Å². The molecule has 2 rings (SSSR count). The first-order valence-corrected chi connectivity index (χ1v) is 7.94. The fourth-order valence-electron chi connectivity index (χ4n) is 2.62. The fourth-order valence-corrected chi connectivity index (χ4v) is 2.86. The van der Waals surface area contributed by atoms with E-state index in [4.69, 9.17) is 16.3 Å². The van der Waals surface area contributed by atoms with Crippen LogP contribution in [0.5, 0.6) is 0 Å². The normalized spacial score (nSPS) is 19.9. The number of ether oxygens (including phenoxy) is 1. The van der Waals surface area contributed by atoms with Crippen molar-refractivity contribution < 1.29 is 4.74 Å². The zero-order valence-corrected chi connectivity index (χ0v) is 13.2. The highest BCUT2D eigenvalue weighted by Crippen LogP contribution is 2.28. The van der Waals surface area contributed by atoms with E-state index < -0.39 is 0 Å². The van der Waals surface area contributed by atoms with Crippen LogP contribution in [0.3, 0.4) is 0 Å². The molecular formula is C16H25ClN2O. The second-order valence-electron chi connectivity index (χ2n) is 5.40. The lowest BCUT2D eigenvalue weighted by molar-refractivity contribution is 0.0821. The first kappa shape index (κ1) is 15.6. The minimum absolute atomic E-state index is 0.271. The summed E-state index contributed by atoms with van der Waals surface area (Å²) in [6, 6.07) is 6.19. The number of halogens is 1. The topological polar surface area (TPSA) is 24.5 Å². The molecule has 1 unspecified atom stereocenters. The molecule has 1 aliphatic rings. The van der Waals surface area contributed by atoms with Crippen molar-refractivity contribution in [2.24, 2.45) is 0 Å². The summed E-state index contributed by atoms with van der Waals surface area (Å²) < 4.78 is 5.73. The van der Waals surface area contributed by atoms with E-state index in [9.17, 15) is 0 Å². The second-order valence-corrected chi connectivity index (χ2v) is 5.80. The summed E-state index contributed by atoms with van der Waals surface area (Å²) in [6.45, 7) is 8.97. The summed E-state index contributed by atoms with van der Waals surface area (Å²) in [5.74, 6) is 0. The van der Waals surface area contributed by atoms with Gasteiger partial charge in [0.2, 0.25) is 0 Å². The van der Waals surface area contributed by atoms with Gasteiger partial charge < -0.3 is 15.0 Å². The highest BCUT2D eigenvalue weighted by Gasteiger charge is 2.18. The van der Waals surface area contributed by atoms with Crippen LogP contribution in [-0.2, 0) is 11.3 Å². The molecule has 0 saturated carbocycles. The molecule has 20 heavy (non-hydrogen) atoms. The zero-order chi connectivity index (χ0) is 14.4. The number of benzene rings is 1. The smallest absolute Gasteiger partial charge is 0.0721 e. The summed E-state index contributed by atoms with van der Waals surface area (Å²) in [5.41, 5.74) is 2.45. The van der Waals surface area contributed by atoms with Gasteiger partial charge in [0.1, 0.15) is 0 Å². The molecule has 1 N–H and O–H groups in total. The Hall–Kier alpha value is -0.770. The Morgan fingerprint density at radius 3 is 3.10 bits per heavy atom. The molecule has 0 amide bonds. The van der Waals surface area contributed by atoms with Crippen LogP contribution in [0.1, 0.15) is 32.3 Å². The highest BCUT2D eigenvalue weighted by molar-refractivity contribution is 6.31. The van der Waals surface area contributed by atoms with Crippen LogP contribution >= 0.6 is 11.6 Å². The second kappa shape index (κ2) is 7.87. The van der Waals surface area contributed by atoms with Crippen molar-refractivity contribution in [3.8, 4) is 0 Å². The van der Waals surface area contributed by atoms with Gasteiger partial charge in [-0.05, 0) is 38.4 Å². The first-order chi connectivity index (χ1) is 9.72. The van der Waals surface area contributed by atoms with Crippen LogP contribution < -0.4 is 10.2 Å². The molecular weight excluding hydrogens is 272 g/mol. The van der Waals surface area contributed by atoms with Gasteiger partial charge in [-0.25, -0.2) is 0 Å². The lowest BCUT2D eigenvalue weighted by Gasteiger charge is -2.27. The van der Waals surface area contributed by atoms with Gasteiger partial charge in [-0.1, -0.05) is 24.6 Å². The predicted octanol–water partition coefficient (Wildman–Crippen LogP) is 3.45. The van der Waals surface area contributed by atoms with Crippen molar-refractivity contribution in [1.82, 2.24) is 5.32 Å². The van der Waals surface area contributed by atoms with Gasteiger partial charge in [-0.3, -0.25) is 0 Å². The molecule has 0 aliphatic carbocycles. The maximum absolute atomic E-state index is 6.41. The van der Waals surface area contributed by atoms with Crippen LogP contribution in [0.25, 0.3) is 0 Å². The third kappa shape index (κ3) is 4.11. The fraction of sp³-hybridized carbons (Fsp3) is 0.625. The summed E-state index contributed by atoms with van der Waals surface area (Å²) >= 11 is 6.41. The molecule has 0 bridgehead atoms. The molecule has 1 fully saturated rings. The van der Waals surface area contributed by atoms with Crippen molar-refractivity contribution in [1.29, 1.82) is 0 Å². The van der Waals surface area contributed by atoms with E-state index in [1.54, 1.807) is 0 Å². The van der Waals surface area contributed by atoms with Gasteiger partial charge in [-0.2, -0.15) is 0 Å². The molecule has 1 atom stereocenters. The molecule has 1 saturated heterocycles. The maximum atomic E-state index is 6.41. The molecule has 0 radical (unpaired) electrons. The third-order valence-electron chi connectivity index (χ3n) is 3.62. The molecule has 4 heteroatoms. The third-order valence-corrected chi connectivity index (χ3v) is 3.97. The van der Waals surface area contributed by atoms with Crippen LogP contribution in [0.4, 0.5) is 5.69 Å². The number of nitrogens with one attached hydrogen (secondary N) is 1. The Morgan fingerprint density at radius 1 is 1.45 bits per heavy atom. The largest absolute Gasteiger partial charge is 0.377 e. The molecule has 3 nitrogen and oxygen atoms in total. The van der Waals surface area contributed by atoms with Gasteiger partial charge >= 0.3 is 0 Å². The highest BCUT2D eigenvalue weighted by atomic mass is 35.5. The van der Waals surface area contributed by atoms with Gasteiger partial charge in [0.05, 0.1) is 6.10 Å². The van der Waals surface area contributed by atoms with Crippen LogP contribution in [-0.4, -0.2) is 32.3 Å². The predicted molar refractivity (Wildman–Crippen MR) is 85.7 cm³/mol. The van der Waals surface area contributed by atoms with E-state index >= 15 is 0 Å². The summed E-state index contributed by atoms with van der Waals surface area (Å²) in [4.78, 5) is 2.41. The Bertz CT molecular complexity index is 425. The summed E-state index contributed by atoms with van der Waals surface area (Å²) in [7, 11) is 0. The zero-order valence-electron chi connectivity index (χ0n) is 12.5. The SMILES string of the molecule is CCCNCc1c(Cl)cccc1N1CCCOC(C)C1. The monoisotopic (exact) mass is 296 g/mol. The summed E-state index contributed by atoms with van der Waals surface area (Å²) in [6.07, 6.45) is 2.47. The molecule has 0 aromatic heterocycles. The molecule has 1 aromatic rings. The lowest BCUT2D eigenvalue weighted by Crippen LogP contribution is -2.31. The molecule has 1 aliphatic heterocycles. The van der Waals surface area contributed by atoms with Crippen LogP contribution in [0.2, 0.25) is 5.02 Å². The van der Waals surface area contributed by atoms with Gasteiger partial charge in [-0.15, -0.1) is 0 Å². The van der Waals surface area contributed by atoms with E-state index in [-0.39, 0.29) is 6.10 Å². The Labute approximate surface area is 127 Å². The van der Waals surface area contributed by atoms with Gasteiger partial charge in [0.15, 0.2) is 0 Å². The molecule has 1 aromatic carbocycles. The Kier molecular flexibility index (Phi) is 6.14. The summed E-state index contributed by atoms with van der Waals surface area (Å²) in [5, 5.41) is 4.31. The van der Waals surface area contributed by atoms with Crippen LogP contribution in [0, 0.1) is 0 Å². The number of nitrogens with zero attached hydrogens (tertiary/aromatic N) is 1. The number of hydrogen-bond donors (Lipinski definition) is 1. The molecule has 0 spiro atoms. The average Bonchev–Trinajstić information content (AvgIpc) is 2.65. The van der Waals surface area contributed by atoms with E-state index in [1.807, 2.05) is 12.1 Å². The minimum atomic E-state index is 0.271. The average molecular weight is 297 g/mol. The lowest BCUT2D eigenvalue weighted by atomic mass is 10.1. The van der Waals surface area contributed by atoms with Crippen molar-refractivity contribution in [2.45, 2.75) is 39.3 Å². The standard InChI is InChI=1S/C16H25ClN2O/c1-3-8-18-11-14-15(17)6-4-7-16(14)19-9-5-10-20-13(2)12-19/h4,6-7,13,18H,3,5,8-12H2,1-2H3. The molecule has 1 heterocycles. The van der Waals surface area contributed by atoms with Crippen molar-refractivity contribution >= 4 is 17.3 Å². The molecule has 112 valence electrons. The number of anilines is 1. The van der Waals surface area contributed by atoms with Gasteiger partial charge in [0, 0.05) is 42.5 Å². The maximum Gasteiger partial charge on any atom is 0.0721 e. The van der Waals surface area contributed by atoms with Crippen LogP contribution in [0.15, 0.2) is 18.2 Å². The van der Waals surface area contributed by atoms with Crippen molar-refractivity contribution in [2.75, 3.05) is 31.1 Å². The van der Waals surface area contributed by atoms with E-state index in [0.29, 0.717) is 0 Å². The first-order valence-electron chi connectivity index (χ1n) is 7.57. The van der Waals surface area contributed by atoms with Crippen molar-refractivity contribution in [3.05, 3.63) is 28.8 Å². The Balaban J connectivity index is 2.18. The minimum Gasteiger partial charge on any atom is -0.377 e.